The van der Waals surface area contributed by atoms with Crippen LogP contribution in [-0.4, -0.2) is 78.2 Å². The van der Waals surface area contributed by atoms with Gasteiger partial charge in [-0.15, -0.1) is 20.4 Å². The summed E-state index contributed by atoms with van der Waals surface area (Å²) in [7, 11) is 0. The second-order valence-corrected chi connectivity index (χ2v) is 9.95. The van der Waals surface area contributed by atoms with E-state index in [0.29, 0.717) is 44.1 Å². The van der Waals surface area contributed by atoms with Gasteiger partial charge >= 0.3 is 12.5 Å². The van der Waals surface area contributed by atoms with Crippen LogP contribution in [0.15, 0.2) is 47.0 Å². The van der Waals surface area contributed by atoms with Gasteiger partial charge in [0.15, 0.2) is 0 Å². The van der Waals surface area contributed by atoms with Crippen LogP contribution in [0.4, 0.5) is 19.4 Å². The van der Waals surface area contributed by atoms with Gasteiger partial charge in [-0.25, -0.2) is 9.78 Å². The first kappa shape index (κ1) is 26.1. The summed E-state index contributed by atoms with van der Waals surface area (Å²) in [4.78, 5) is 22.1. The number of rotatable bonds is 6. The molecule has 0 spiro atoms. The molecule has 1 aliphatic rings. The van der Waals surface area contributed by atoms with E-state index in [1.165, 1.54) is 4.80 Å². The third-order valence-electron chi connectivity index (χ3n) is 5.87. The molecule has 1 saturated heterocycles. The fourth-order valence-corrected chi connectivity index (χ4v) is 3.93. The average molecular weight is 540 g/mol. The molecule has 204 valence electrons. The van der Waals surface area contributed by atoms with Crippen LogP contribution in [0.25, 0.3) is 22.8 Å². The van der Waals surface area contributed by atoms with Gasteiger partial charge in [-0.3, -0.25) is 0 Å². The van der Waals surface area contributed by atoms with E-state index in [9.17, 15) is 13.6 Å². The molecule has 4 heterocycles. The zero-order valence-electron chi connectivity index (χ0n) is 21.7. The Morgan fingerprint density at radius 1 is 1.00 bits per heavy atom. The molecule has 1 aromatic carbocycles. The van der Waals surface area contributed by atoms with Crippen LogP contribution < -0.4 is 4.90 Å². The van der Waals surface area contributed by atoms with Crippen LogP contribution in [0.5, 0.6) is 0 Å². The second kappa shape index (κ2) is 10.7. The Kier molecular flexibility index (Phi) is 7.17. The number of piperazine rings is 1. The molecule has 12 nitrogen and oxygen atoms in total. The van der Waals surface area contributed by atoms with E-state index in [-0.39, 0.29) is 12.0 Å². The number of amides is 1. The highest BCUT2D eigenvalue weighted by Crippen LogP contribution is 2.24. The summed E-state index contributed by atoms with van der Waals surface area (Å²) in [6, 6.07) is 10.8. The maximum absolute atomic E-state index is 12.7. The van der Waals surface area contributed by atoms with E-state index in [1.54, 1.807) is 35.4 Å². The van der Waals surface area contributed by atoms with Crippen LogP contribution in [0.3, 0.4) is 0 Å². The number of benzene rings is 1. The fraction of sp³-hybridized carbons (Fsp3) is 0.400. The van der Waals surface area contributed by atoms with Gasteiger partial charge in [-0.2, -0.15) is 13.6 Å². The van der Waals surface area contributed by atoms with Gasteiger partial charge in [0, 0.05) is 43.5 Å². The third kappa shape index (κ3) is 6.33. The molecule has 0 bridgehead atoms. The fourth-order valence-electron chi connectivity index (χ4n) is 3.93. The molecule has 5 rings (SSSR count). The van der Waals surface area contributed by atoms with E-state index in [4.69, 9.17) is 9.15 Å². The molecule has 0 saturated carbocycles. The Labute approximate surface area is 222 Å². The predicted octanol–water partition coefficient (Wildman–Crippen LogP) is 3.83. The van der Waals surface area contributed by atoms with Crippen LogP contribution >= 0.6 is 0 Å². The number of anilines is 1. The highest BCUT2D eigenvalue weighted by Gasteiger charge is 2.26. The number of hydrogen-bond donors (Lipinski definition) is 0. The number of ether oxygens (including phenoxy) is 1. The van der Waals surface area contributed by atoms with Crippen molar-refractivity contribution in [1.82, 2.24) is 40.3 Å². The summed E-state index contributed by atoms with van der Waals surface area (Å²) in [5, 5.41) is 19.7. The summed E-state index contributed by atoms with van der Waals surface area (Å²) in [6.07, 6.45) is -1.42. The number of tetrazole rings is 1. The van der Waals surface area contributed by atoms with Crippen molar-refractivity contribution in [3.63, 3.8) is 0 Å². The van der Waals surface area contributed by atoms with Gasteiger partial charge in [0.05, 0.1) is 6.54 Å². The largest absolute Gasteiger partial charge is 0.444 e. The molecule has 0 radical (unpaired) electrons. The lowest BCUT2D eigenvalue weighted by Gasteiger charge is -2.36. The molecule has 0 aliphatic carbocycles. The van der Waals surface area contributed by atoms with Crippen molar-refractivity contribution in [2.45, 2.75) is 39.3 Å². The molecule has 0 atom stereocenters. The normalized spacial score (nSPS) is 14.2. The summed E-state index contributed by atoms with van der Waals surface area (Å²) in [5.74, 6) is 0.554. The van der Waals surface area contributed by atoms with Crippen molar-refractivity contribution in [3.8, 4) is 22.8 Å². The molecular weight excluding hydrogens is 512 g/mol. The Morgan fingerprint density at radius 3 is 2.33 bits per heavy atom. The van der Waals surface area contributed by atoms with Crippen LogP contribution in [0.1, 0.15) is 38.7 Å². The van der Waals surface area contributed by atoms with E-state index < -0.39 is 17.9 Å². The van der Waals surface area contributed by atoms with Crippen LogP contribution in [0.2, 0.25) is 0 Å². The van der Waals surface area contributed by atoms with E-state index >= 15 is 0 Å². The predicted molar refractivity (Wildman–Crippen MR) is 135 cm³/mol. The molecule has 0 unspecified atom stereocenters. The number of nitrogens with zero attached hydrogens (tertiary/aromatic N) is 9. The Morgan fingerprint density at radius 2 is 1.72 bits per heavy atom. The molecule has 3 aromatic heterocycles. The number of carbonyl (C=O) groups excluding carboxylic acids is 1. The average Bonchev–Trinajstić information content (AvgIpc) is 3.59. The Balaban J connectivity index is 1.16. The van der Waals surface area contributed by atoms with E-state index in [1.807, 2.05) is 32.9 Å². The van der Waals surface area contributed by atoms with Crippen LogP contribution in [-0.2, 0) is 11.3 Å². The topological polar surface area (TPSA) is 128 Å². The van der Waals surface area contributed by atoms with E-state index in [0.717, 1.165) is 16.9 Å². The zero-order valence-corrected chi connectivity index (χ0v) is 21.7. The van der Waals surface area contributed by atoms with Gasteiger partial charge in [-0.05, 0) is 55.8 Å². The first-order valence-electron chi connectivity index (χ1n) is 12.3. The maximum atomic E-state index is 12.7. The Bertz CT molecular complexity index is 1410. The summed E-state index contributed by atoms with van der Waals surface area (Å²) in [5.41, 5.74) is 1.60. The second-order valence-electron chi connectivity index (χ2n) is 9.95. The number of halogens is 2. The molecule has 1 fully saturated rings. The maximum Gasteiger partial charge on any atom is 0.410 e. The Hall–Kier alpha value is -4.49. The molecule has 39 heavy (non-hydrogen) atoms. The molecule has 14 heteroatoms. The number of carbonyl (C=O) groups is 1. The minimum atomic E-state index is -2.81. The lowest BCUT2D eigenvalue weighted by atomic mass is 10.1. The number of hydrogen-bond acceptors (Lipinski definition) is 10. The molecular formula is C25H27F2N9O3. The molecule has 1 aliphatic heterocycles. The van der Waals surface area contributed by atoms with E-state index in [2.05, 4.69) is 35.5 Å². The monoisotopic (exact) mass is 539 g/mol. The molecule has 1 amide bonds. The third-order valence-corrected chi connectivity index (χ3v) is 5.87. The van der Waals surface area contributed by atoms with Crippen LogP contribution in [0, 0.1) is 0 Å². The van der Waals surface area contributed by atoms with Gasteiger partial charge < -0.3 is 19.0 Å². The van der Waals surface area contributed by atoms with Crippen molar-refractivity contribution in [2.75, 3.05) is 31.1 Å². The minimum Gasteiger partial charge on any atom is -0.444 e. The van der Waals surface area contributed by atoms with Crippen molar-refractivity contribution >= 4 is 11.9 Å². The van der Waals surface area contributed by atoms with Crippen molar-refractivity contribution in [3.05, 3.63) is 54.0 Å². The van der Waals surface area contributed by atoms with Crippen molar-refractivity contribution < 1.29 is 22.7 Å². The zero-order chi connectivity index (χ0) is 27.6. The highest BCUT2D eigenvalue weighted by molar-refractivity contribution is 5.68. The van der Waals surface area contributed by atoms with Crippen molar-refractivity contribution in [2.24, 2.45) is 0 Å². The quantitative estimate of drug-likeness (QED) is 0.357. The summed E-state index contributed by atoms with van der Waals surface area (Å²) < 4.78 is 35.8. The SMILES string of the molecule is CC(C)(C)OC(=O)N1CCN(c2ccc(-c3nnn(Cc4ccc(-c5nnc(C(F)F)o5)cc4)n3)cn2)CC1. The molecule has 0 N–H and O–H groups in total. The summed E-state index contributed by atoms with van der Waals surface area (Å²) in [6.45, 7) is 8.33. The molecule has 4 aromatic rings. The first-order valence-corrected chi connectivity index (χ1v) is 12.3. The number of pyridine rings is 1. The van der Waals surface area contributed by atoms with Gasteiger partial charge in [-0.1, -0.05) is 12.1 Å². The standard InChI is InChI=1S/C25H27F2N9O3/c1-25(2,3)39-24(37)35-12-10-34(11-13-35)19-9-8-18(14-28-19)21-29-33-36(32-21)15-16-4-6-17(7-5-16)22-30-31-23(38-22)20(26)27/h4-9,14,20H,10-13,15H2,1-3H3. The smallest absolute Gasteiger partial charge is 0.410 e. The minimum absolute atomic E-state index is 0.0267. The lowest BCUT2D eigenvalue weighted by Crippen LogP contribution is -2.50. The van der Waals surface area contributed by atoms with Crippen molar-refractivity contribution in [1.29, 1.82) is 0 Å². The number of aromatic nitrogens is 7. The van der Waals surface area contributed by atoms with Gasteiger partial charge in [0.25, 0.3) is 5.89 Å². The highest BCUT2D eigenvalue weighted by atomic mass is 19.3. The summed E-state index contributed by atoms with van der Waals surface area (Å²) >= 11 is 0. The van der Waals surface area contributed by atoms with Gasteiger partial charge in [0.2, 0.25) is 11.7 Å². The van der Waals surface area contributed by atoms with Gasteiger partial charge in [0.1, 0.15) is 11.4 Å². The lowest BCUT2D eigenvalue weighted by molar-refractivity contribution is 0.0240. The first-order chi connectivity index (χ1) is 18.6. The number of alkyl halides is 2.